The summed E-state index contributed by atoms with van der Waals surface area (Å²) in [5.41, 5.74) is 2.67. The van der Waals surface area contributed by atoms with Crippen LogP contribution in [0.15, 0.2) is 46.5 Å². The zero-order chi connectivity index (χ0) is 26.8. The topological polar surface area (TPSA) is 70.4 Å². The van der Waals surface area contributed by atoms with E-state index in [1.807, 2.05) is 30.0 Å². The Hall–Kier alpha value is -3.29. The molecule has 200 valence electrons. The van der Waals surface area contributed by atoms with Gasteiger partial charge in [0.15, 0.2) is 5.84 Å². The molecule has 7 nitrogen and oxygen atoms in total. The summed E-state index contributed by atoms with van der Waals surface area (Å²) in [6.45, 7) is 8.93. The molecular formula is C29H40FN5O2. The zero-order valence-electron chi connectivity index (χ0n) is 22.8. The molecule has 0 bridgehead atoms. The fourth-order valence-corrected chi connectivity index (χ4v) is 4.74. The largest absolute Gasteiger partial charge is 0.497 e. The van der Waals surface area contributed by atoms with E-state index in [-0.39, 0.29) is 11.7 Å². The van der Waals surface area contributed by atoms with E-state index in [0.717, 1.165) is 49.0 Å². The second-order valence-electron chi connectivity index (χ2n) is 9.52. The van der Waals surface area contributed by atoms with E-state index >= 15 is 0 Å². The first kappa shape index (κ1) is 28.3. The number of halogens is 1. The summed E-state index contributed by atoms with van der Waals surface area (Å²) in [7, 11) is 3.39. The van der Waals surface area contributed by atoms with Gasteiger partial charge in [0.1, 0.15) is 17.4 Å². The number of aromatic nitrogens is 1. The minimum absolute atomic E-state index is 0.185. The third-order valence-electron chi connectivity index (χ3n) is 7.07. The van der Waals surface area contributed by atoms with E-state index in [1.165, 1.54) is 31.7 Å². The number of aryl methyl sites for hydroxylation is 1. The highest BCUT2D eigenvalue weighted by atomic mass is 19.1. The lowest BCUT2D eigenvalue weighted by molar-refractivity contribution is -0.131. The Morgan fingerprint density at radius 2 is 1.84 bits per heavy atom. The number of aliphatic imine (C=N–C) groups is 2. The van der Waals surface area contributed by atoms with Crippen LogP contribution in [0, 0.1) is 18.7 Å². The number of piperazine rings is 1. The van der Waals surface area contributed by atoms with Gasteiger partial charge in [0, 0.05) is 63.2 Å². The highest BCUT2D eigenvalue weighted by Crippen LogP contribution is 2.26. The molecule has 1 amide bonds. The number of benzene rings is 1. The van der Waals surface area contributed by atoms with E-state index in [2.05, 4.69) is 26.8 Å². The molecule has 1 aliphatic heterocycles. The van der Waals surface area contributed by atoms with Gasteiger partial charge in [-0.1, -0.05) is 19.8 Å². The second-order valence-corrected chi connectivity index (χ2v) is 9.52. The molecule has 1 aromatic carbocycles. The normalized spacial score (nSPS) is 16.9. The number of amides is 1. The van der Waals surface area contributed by atoms with Crippen LogP contribution in [0.25, 0.3) is 0 Å². The summed E-state index contributed by atoms with van der Waals surface area (Å²) in [5.74, 6) is 3.07. The van der Waals surface area contributed by atoms with Crippen LogP contribution in [0.3, 0.4) is 0 Å². The molecule has 2 aromatic rings. The fourth-order valence-electron chi connectivity index (χ4n) is 4.74. The van der Waals surface area contributed by atoms with Crippen LogP contribution in [0.5, 0.6) is 5.75 Å². The Morgan fingerprint density at radius 1 is 1.14 bits per heavy atom. The number of rotatable bonds is 5. The number of pyridine rings is 1. The van der Waals surface area contributed by atoms with Gasteiger partial charge in [-0.05, 0) is 62.4 Å². The van der Waals surface area contributed by atoms with Gasteiger partial charge in [0.05, 0.1) is 7.11 Å². The Morgan fingerprint density at radius 3 is 2.43 bits per heavy atom. The maximum absolute atomic E-state index is 13.3. The van der Waals surface area contributed by atoms with Gasteiger partial charge in [-0.25, -0.2) is 14.4 Å². The van der Waals surface area contributed by atoms with Crippen molar-refractivity contribution in [3.05, 3.63) is 53.5 Å². The molecule has 1 saturated heterocycles. The van der Waals surface area contributed by atoms with Crippen LogP contribution < -0.4 is 9.64 Å². The van der Waals surface area contributed by atoms with Crippen molar-refractivity contribution in [3.8, 4) is 5.75 Å². The molecule has 1 saturated carbocycles. The summed E-state index contributed by atoms with van der Waals surface area (Å²) in [6.07, 6.45) is 7.39. The molecule has 0 atom stereocenters. The van der Waals surface area contributed by atoms with Crippen molar-refractivity contribution in [2.45, 2.75) is 52.9 Å². The minimum atomic E-state index is -0.185. The summed E-state index contributed by atoms with van der Waals surface area (Å²) in [5, 5.41) is 0. The number of nitrogens with zero attached hydrogens (tertiary/aromatic N) is 5. The standard InChI is InChI=1S/C16H21FN2.C13H19N3O2/c1-11-10-14(8-9-15(11)17)16(18-3)19-12(2)13-6-4-5-7-13;1-3-13(17)16-8-6-15(7-9-16)12-10-11(18-2)4-5-14-12/h8-10,13H,4-7H2,1-3H3;4-5,10H,3,6-9H2,1-2H3. The number of hydrogen-bond acceptors (Lipinski definition) is 5. The smallest absolute Gasteiger partial charge is 0.222 e. The molecule has 2 heterocycles. The fraction of sp³-hybridized carbons (Fsp3) is 0.517. The Bertz CT molecular complexity index is 1100. The highest BCUT2D eigenvalue weighted by molar-refractivity contribution is 6.07. The molecular weight excluding hydrogens is 469 g/mol. The van der Waals surface area contributed by atoms with Crippen molar-refractivity contribution >= 4 is 23.3 Å². The Balaban J connectivity index is 0.000000206. The summed E-state index contributed by atoms with van der Waals surface area (Å²) >= 11 is 0. The predicted octanol–water partition coefficient (Wildman–Crippen LogP) is 5.31. The van der Waals surface area contributed by atoms with Gasteiger partial charge in [-0.3, -0.25) is 9.79 Å². The van der Waals surface area contributed by atoms with Crippen molar-refractivity contribution in [2.75, 3.05) is 45.2 Å². The van der Waals surface area contributed by atoms with Crippen molar-refractivity contribution in [2.24, 2.45) is 15.9 Å². The molecule has 1 aliphatic carbocycles. The average Bonchev–Trinajstić information content (AvgIpc) is 3.49. The molecule has 0 radical (unpaired) electrons. The monoisotopic (exact) mass is 509 g/mol. The third-order valence-corrected chi connectivity index (χ3v) is 7.07. The third kappa shape index (κ3) is 7.84. The molecule has 37 heavy (non-hydrogen) atoms. The molecule has 0 N–H and O–H groups in total. The second kappa shape index (κ2) is 13.9. The highest BCUT2D eigenvalue weighted by Gasteiger charge is 2.21. The van der Waals surface area contributed by atoms with Gasteiger partial charge in [0.25, 0.3) is 0 Å². The van der Waals surface area contributed by atoms with Gasteiger partial charge >= 0.3 is 0 Å². The van der Waals surface area contributed by atoms with Gasteiger partial charge in [-0.15, -0.1) is 0 Å². The SMILES string of the molecule is CCC(=O)N1CCN(c2cc(OC)ccn2)CC1.CN=C(N=C(C)C1CCCC1)c1ccc(F)c(C)c1. The molecule has 2 fully saturated rings. The Labute approximate surface area is 220 Å². The first-order chi connectivity index (χ1) is 17.9. The van der Waals surface area contributed by atoms with E-state index in [0.29, 0.717) is 23.7 Å². The van der Waals surface area contributed by atoms with Crippen LogP contribution in [-0.2, 0) is 4.79 Å². The quantitative estimate of drug-likeness (QED) is 0.405. The van der Waals surface area contributed by atoms with Crippen LogP contribution >= 0.6 is 0 Å². The van der Waals surface area contributed by atoms with Crippen LogP contribution in [0.1, 0.15) is 57.1 Å². The Kier molecular flexibility index (Phi) is 10.6. The number of carbonyl (C=O) groups excluding carboxylic acids is 1. The average molecular weight is 510 g/mol. The van der Waals surface area contributed by atoms with Crippen molar-refractivity contribution in [1.82, 2.24) is 9.88 Å². The number of ether oxygens (including phenoxy) is 1. The molecule has 0 unspecified atom stereocenters. The molecule has 4 rings (SSSR count). The number of hydrogen-bond donors (Lipinski definition) is 0. The first-order valence-electron chi connectivity index (χ1n) is 13.2. The zero-order valence-corrected chi connectivity index (χ0v) is 22.8. The van der Waals surface area contributed by atoms with Crippen LogP contribution in [0.4, 0.5) is 10.2 Å². The number of amidine groups is 1. The summed E-state index contributed by atoms with van der Waals surface area (Å²) in [6, 6.07) is 8.80. The minimum Gasteiger partial charge on any atom is -0.497 e. The summed E-state index contributed by atoms with van der Waals surface area (Å²) < 4.78 is 18.5. The predicted molar refractivity (Wildman–Crippen MR) is 149 cm³/mol. The maximum Gasteiger partial charge on any atom is 0.222 e. The van der Waals surface area contributed by atoms with Crippen molar-refractivity contribution in [3.63, 3.8) is 0 Å². The molecule has 2 aliphatic rings. The maximum atomic E-state index is 13.3. The van der Waals surface area contributed by atoms with E-state index < -0.39 is 0 Å². The lowest BCUT2D eigenvalue weighted by atomic mass is 10.0. The lowest BCUT2D eigenvalue weighted by Gasteiger charge is -2.35. The number of carbonyl (C=O) groups is 1. The van der Waals surface area contributed by atoms with Crippen LogP contribution in [-0.4, -0.2) is 67.7 Å². The van der Waals surface area contributed by atoms with Crippen molar-refractivity contribution in [1.29, 1.82) is 0 Å². The number of anilines is 1. The molecule has 0 spiro atoms. The number of methoxy groups -OCH3 is 1. The molecule has 8 heteroatoms. The van der Waals surface area contributed by atoms with Gasteiger partial charge in [-0.2, -0.15) is 0 Å². The van der Waals surface area contributed by atoms with Crippen molar-refractivity contribution < 1.29 is 13.9 Å². The lowest BCUT2D eigenvalue weighted by Crippen LogP contribution is -2.48. The first-order valence-corrected chi connectivity index (χ1v) is 13.2. The van der Waals surface area contributed by atoms with Gasteiger partial charge in [0.2, 0.25) is 5.91 Å². The van der Waals surface area contributed by atoms with E-state index in [4.69, 9.17) is 4.74 Å². The summed E-state index contributed by atoms with van der Waals surface area (Å²) in [4.78, 5) is 28.9. The van der Waals surface area contributed by atoms with Crippen LogP contribution in [0.2, 0.25) is 0 Å². The van der Waals surface area contributed by atoms with E-state index in [9.17, 15) is 9.18 Å². The molecule has 1 aromatic heterocycles. The van der Waals surface area contributed by atoms with E-state index in [1.54, 1.807) is 33.3 Å². The van der Waals surface area contributed by atoms with Gasteiger partial charge < -0.3 is 14.5 Å².